The number of carbonyl (C=O) groups is 1. The highest BCUT2D eigenvalue weighted by Gasteiger charge is 2.05. The van der Waals surface area contributed by atoms with Crippen molar-refractivity contribution in [3.8, 4) is 11.5 Å². The smallest absolute Gasteiger partial charge is 0.317 e. The average molecular weight is 335 g/mol. The lowest BCUT2D eigenvalue weighted by Gasteiger charge is -2.12. The molecule has 0 atom stereocenters. The van der Waals surface area contributed by atoms with Gasteiger partial charge in [0.1, 0.15) is 0 Å². The van der Waals surface area contributed by atoms with Crippen LogP contribution in [0.1, 0.15) is 12.5 Å². The van der Waals surface area contributed by atoms with E-state index in [1.807, 2.05) is 37.3 Å². The minimum absolute atomic E-state index is 0.0471. The molecule has 5 nitrogen and oxygen atoms in total. The fourth-order valence-electron chi connectivity index (χ4n) is 1.92. The van der Waals surface area contributed by atoms with Crippen LogP contribution in [0.2, 0.25) is 5.02 Å². The number of nitrogens with one attached hydrogen (secondary N) is 2. The van der Waals surface area contributed by atoms with Gasteiger partial charge in [0.2, 0.25) is 0 Å². The van der Waals surface area contributed by atoms with Crippen molar-refractivity contribution in [1.82, 2.24) is 10.6 Å². The number of hydrogen-bond donors (Lipinski definition) is 2. The van der Waals surface area contributed by atoms with Crippen LogP contribution < -0.4 is 20.1 Å². The minimum Gasteiger partial charge on any atom is -0.490 e. The summed E-state index contributed by atoms with van der Waals surface area (Å²) in [6, 6.07) is 14.3. The second kappa shape index (κ2) is 8.90. The maximum absolute atomic E-state index is 11.7. The van der Waals surface area contributed by atoms with E-state index in [9.17, 15) is 4.79 Å². The van der Waals surface area contributed by atoms with Crippen LogP contribution in [0.5, 0.6) is 11.5 Å². The molecule has 0 saturated carbocycles. The zero-order valence-corrected chi connectivity index (χ0v) is 13.6. The van der Waals surface area contributed by atoms with Gasteiger partial charge in [0.05, 0.1) is 6.61 Å². The highest BCUT2D eigenvalue weighted by molar-refractivity contribution is 6.30. The van der Waals surface area contributed by atoms with E-state index >= 15 is 0 Å². The zero-order valence-electron chi connectivity index (χ0n) is 12.8. The third kappa shape index (κ3) is 5.71. The summed E-state index contributed by atoms with van der Waals surface area (Å²) in [5.74, 6) is 1.24. The van der Waals surface area contributed by atoms with Crippen molar-refractivity contribution in [3.05, 3.63) is 59.1 Å². The van der Waals surface area contributed by atoms with Crippen molar-refractivity contribution in [2.75, 3.05) is 13.3 Å². The molecule has 122 valence electrons. The van der Waals surface area contributed by atoms with Gasteiger partial charge in [0, 0.05) is 11.6 Å². The van der Waals surface area contributed by atoms with Crippen LogP contribution in [0, 0.1) is 0 Å². The van der Waals surface area contributed by atoms with E-state index in [4.69, 9.17) is 21.1 Å². The van der Waals surface area contributed by atoms with Crippen molar-refractivity contribution in [3.63, 3.8) is 0 Å². The first-order chi connectivity index (χ1) is 11.2. The largest absolute Gasteiger partial charge is 0.490 e. The first-order valence-electron chi connectivity index (χ1n) is 7.30. The molecule has 2 N–H and O–H groups in total. The SMILES string of the molecule is CCOc1ccccc1OCNC(=O)NCc1cccc(Cl)c1. The number of carbonyl (C=O) groups excluding carboxylic acids is 1. The Bertz CT molecular complexity index is 649. The molecular weight excluding hydrogens is 316 g/mol. The van der Waals surface area contributed by atoms with Gasteiger partial charge < -0.3 is 20.1 Å². The van der Waals surface area contributed by atoms with Gasteiger partial charge in [-0.2, -0.15) is 0 Å². The topological polar surface area (TPSA) is 59.6 Å². The van der Waals surface area contributed by atoms with E-state index in [1.165, 1.54) is 0 Å². The highest BCUT2D eigenvalue weighted by atomic mass is 35.5. The van der Waals surface area contributed by atoms with Crippen LogP contribution >= 0.6 is 11.6 Å². The third-order valence-electron chi connectivity index (χ3n) is 2.95. The van der Waals surface area contributed by atoms with Gasteiger partial charge in [-0.05, 0) is 36.8 Å². The second-order valence-corrected chi connectivity index (χ2v) is 5.09. The Kier molecular flexibility index (Phi) is 6.56. The molecule has 0 aliphatic carbocycles. The molecule has 0 aliphatic heterocycles. The number of ether oxygens (including phenoxy) is 2. The standard InChI is InChI=1S/C17H19ClN2O3/c1-2-22-15-8-3-4-9-16(15)23-12-20-17(21)19-11-13-6-5-7-14(18)10-13/h3-10H,2,11-12H2,1H3,(H2,19,20,21). The molecule has 0 bridgehead atoms. The molecule has 0 heterocycles. The minimum atomic E-state index is -0.320. The quantitative estimate of drug-likeness (QED) is 0.761. The number of hydrogen-bond acceptors (Lipinski definition) is 3. The molecule has 23 heavy (non-hydrogen) atoms. The molecule has 0 aromatic heterocycles. The van der Waals surface area contributed by atoms with E-state index in [2.05, 4.69) is 10.6 Å². The van der Waals surface area contributed by atoms with E-state index in [1.54, 1.807) is 18.2 Å². The van der Waals surface area contributed by atoms with Gasteiger partial charge in [-0.1, -0.05) is 35.9 Å². The predicted octanol–water partition coefficient (Wildman–Crippen LogP) is 3.57. The first-order valence-corrected chi connectivity index (χ1v) is 7.67. The second-order valence-electron chi connectivity index (χ2n) is 4.66. The van der Waals surface area contributed by atoms with Crippen LogP contribution in [0.4, 0.5) is 4.79 Å². The van der Waals surface area contributed by atoms with Gasteiger partial charge in [0.25, 0.3) is 0 Å². The van der Waals surface area contributed by atoms with Crippen molar-refractivity contribution in [1.29, 1.82) is 0 Å². The molecule has 0 aliphatic rings. The molecule has 2 aromatic rings. The van der Waals surface area contributed by atoms with Crippen molar-refractivity contribution in [2.24, 2.45) is 0 Å². The van der Waals surface area contributed by atoms with E-state index in [0.717, 1.165) is 5.56 Å². The van der Waals surface area contributed by atoms with Crippen LogP contribution in [-0.4, -0.2) is 19.4 Å². The molecule has 0 unspecified atom stereocenters. The van der Waals surface area contributed by atoms with Gasteiger partial charge in [-0.25, -0.2) is 4.79 Å². The molecule has 2 amide bonds. The monoisotopic (exact) mass is 334 g/mol. The molecule has 0 radical (unpaired) electrons. The van der Waals surface area contributed by atoms with Crippen LogP contribution in [0.15, 0.2) is 48.5 Å². The summed E-state index contributed by atoms with van der Waals surface area (Å²) < 4.78 is 11.0. The fraction of sp³-hybridized carbons (Fsp3) is 0.235. The highest BCUT2D eigenvalue weighted by Crippen LogP contribution is 2.25. The molecule has 2 aromatic carbocycles. The molecule has 0 fully saturated rings. The first kappa shape index (κ1) is 17.0. The number of rotatable bonds is 7. The Labute approximate surface area is 140 Å². The predicted molar refractivity (Wildman–Crippen MR) is 89.9 cm³/mol. The third-order valence-corrected chi connectivity index (χ3v) is 3.19. The van der Waals surface area contributed by atoms with Crippen molar-refractivity contribution < 1.29 is 14.3 Å². The normalized spacial score (nSPS) is 10.0. The average Bonchev–Trinajstić information content (AvgIpc) is 2.55. The molecule has 6 heteroatoms. The number of benzene rings is 2. The lowest BCUT2D eigenvalue weighted by molar-refractivity contribution is 0.219. The summed E-state index contributed by atoms with van der Waals surface area (Å²) in [6.45, 7) is 2.89. The fourth-order valence-corrected chi connectivity index (χ4v) is 2.13. The Balaban J connectivity index is 1.75. The van der Waals surface area contributed by atoms with Gasteiger partial charge in [-0.3, -0.25) is 0 Å². The van der Waals surface area contributed by atoms with E-state index in [-0.39, 0.29) is 12.8 Å². The Morgan fingerprint density at radius 2 is 1.78 bits per heavy atom. The van der Waals surface area contributed by atoms with Gasteiger partial charge in [0.15, 0.2) is 18.2 Å². The molecule has 2 rings (SSSR count). The van der Waals surface area contributed by atoms with Gasteiger partial charge in [-0.15, -0.1) is 0 Å². The number of para-hydroxylation sites is 2. The van der Waals surface area contributed by atoms with Crippen LogP contribution in [-0.2, 0) is 6.54 Å². The number of halogens is 1. The Hall–Kier alpha value is -2.40. The molecule has 0 saturated heterocycles. The Morgan fingerprint density at radius 3 is 2.48 bits per heavy atom. The summed E-state index contributed by atoms with van der Waals surface area (Å²) in [4.78, 5) is 11.7. The summed E-state index contributed by atoms with van der Waals surface area (Å²) in [6.07, 6.45) is 0. The van der Waals surface area contributed by atoms with Crippen molar-refractivity contribution >= 4 is 17.6 Å². The summed E-state index contributed by atoms with van der Waals surface area (Å²) in [5, 5.41) is 6.00. The van der Waals surface area contributed by atoms with Crippen molar-refractivity contribution in [2.45, 2.75) is 13.5 Å². The van der Waals surface area contributed by atoms with Gasteiger partial charge >= 0.3 is 6.03 Å². The maximum Gasteiger partial charge on any atom is 0.317 e. The summed E-state index contributed by atoms with van der Waals surface area (Å²) in [7, 11) is 0. The lowest BCUT2D eigenvalue weighted by Crippen LogP contribution is -2.37. The number of amides is 2. The van der Waals surface area contributed by atoms with Crippen LogP contribution in [0.3, 0.4) is 0 Å². The summed E-state index contributed by atoms with van der Waals surface area (Å²) >= 11 is 5.89. The zero-order chi connectivity index (χ0) is 16.5. The van der Waals surface area contributed by atoms with E-state index < -0.39 is 0 Å². The van der Waals surface area contributed by atoms with E-state index in [0.29, 0.717) is 29.7 Å². The van der Waals surface area contributed by atoms with Crippen LogP contribution in [0.25, 0.3) is 0 Å². The summed E-state index contributed by atoms with van der Waals surface area (Å²) in [5.41, 5.74) is 0.926. The lowest BCUT2D eigenvalue weighted by atomic mass is 10.2. The maximum atomic E-state index is 11.7. The Morgan fingerprint density at radius 1 is 1.04 bits per heavy atom. The number of urea groups is 1. The molecular formula is C17H19ClN2O3. The molecule has 0 spiro atoms.